The normalized spacial score (nSPS) is 19.8. The highest BCUT2D eigenvalue weighted by Gasteiger charge is 2.33. The minimum Gasteiger partial charge on any atom is -0.481 e. The molecule has 1 fully saturated rings. The maximum atomic E-state index is 11.6. The molecule has 1 aliphatic rings. The van der Waals surface area contributed by atoms with Gasteiger partial charge in [-0.15, -0.1) is 0 Å². The van der Waals surface area contributed by atoms with Crippen LogP contribution in [-0.2, 0) is 19.1 Å². The van der Waals surface area contributed by atoms with Crippen LogP contribution in [0.3, 0.4) is 0 Å². The molecule has 0 saturated carbocycles. The van der Waals surface area contributed by atoms with Crippen LogP contribution in [0.25, 0.3) is 0 Å². The summed E-state index contributed by atoms with van der Waals surface area (Å²) < 4.78 is 5.19. The van der Waals surface area contributed by atoms with E-state index in [2.05, 4.69) is 5.32 Å². The maximum Gasteiger partial charge on any atom is 0.249 e. The molecule has 1 aliphatic heterocycles. The van der Waals surface area contributed by atoms with Crippen LogP contribution < -0.4 is 5.32 Å². The smallest absolute Gasteiger partial charge is 0.249 e. The summed E-state index contributed by atoms with van der Waals surface area (Å²) in [5.41, 5.74) is 0. The fraction of sp³-hybridized carbons (Fsp3) is 0.583. The van der Waals surface area contributed by atoms with Crippen molar-refractivity contribution < 1.29 is 19.1 Å². The fourth-order valence-corrected chi connectivity index (χ4v) is 1.67. The van der Waals surface area contributed by atoms with Crippen LogP contribution in [0, 0.1) is 0 Å². The monoisotopic (exact) mass is 254 g/mol. The molecular weight excluding hydrogens is 236 g/mol. The van der Waals surface area contributed by atoms with Crippen molar-refractivity contribution in [3.63, 3.8) is 0 Å². The van der Waals surface area contributed by atoms with E-state index >= 15 is 0 Å². The molecule has 3 amide bonds. The summed E-state index contributed by atoms with van der Waals surface area (Å²) in [5.74, 6) is -0.995. The Morgan fingerprint density at radius 3 is 2.83 bits per heavy atom. The van der Waals surface area contributed by atoms with Gasteiger partial charge >= 0.3 is 0 Å². The quantitative estimate of drug-likeness (QED) is 0.441. The molecule has 1 heterocycles. The summed E-state index contributed by atoms with van der Waals surface area (Å²) in [6.07, 6.45) is 4.72. The molecule has 6 nitrogen and oxygen atoms in total. The van der Waals surface area contributed by atoms with E-state index in [0.29, 0.717) is 6.42 Å². The first kappa shape index (κ1) is 14.2. The van der Waals surface area contributed by atoms with Crippen LogP contribution in [0.5, 0.6) is 0 Å². The van der Waals surface area contributed by atoms with Crippen molar-refractivity contribution >= 4 is 17.7 Å². The van der Waals surface area contributed by atoms with Crippen LogP contribution in [0.4, 0.5) is 0 Å². The molecule has 100 valence electrons. The predicted octanol–water partition coefficient (Wildman–Crippen LogP) is 0.538. The molecule has 1 N–H and O–H groups in total. The van der Waals surface area contributed by atoms with Crippen molar-refractivity contribution in [1.82, 2.24) is 10.2 Å². The van der Waals surface area contributed by atoms with Crippen LogP contribution in [-0.4, -0.2) is 35.4 Å². The standard InChI is InChI=1S/C12H18N2O4/c1-3-4-7-18-8-14(9(2)15)10-5-6-11(16)13-12(10)17/h4,7,10H,3,5-6,8H2,1-2H3,(H,13,16,17)/b7-4-. The number of nitrogens with zero attached hydrogens (tertiary/aromatic N) is 1. The molecule has 1 rings (SSSR count). The van der Waals surface area contributed by atoms with E-state index in [1.54, 1.807) is 0 Å². The summed E-state index contributed by atoms with van der Waals surface area (Å²) in [6, 6.07) is -0.629. The Balaban J connectivity index is 2.61. The van der Waals surface area contributed by atoms with Gasteiger partial charge in [0.05, 0.1) is 6.26 Å². The number of piperidine rings is 1. The highest BCUT2D eigenvalue weighted by Crippen LogP contribution is 2.12. The number of imide groups is 1. The SMILES string of the molecule is CC/C=C\OCN(C(C)=O)C1CCC(=O)NC1=O. The minimum absolute atomic E-state index is 0.0120. The van der Waals surface area contributed by atoms with E-state index in [1.807, 2.05) is 13.0 Å². The van der Waals surface area contributed by atoms with Gasteiger partial charge in [0, 0.05) is 13.3 Å². The molecule has 18 heavy (non-hydrogen) atoms. The predicted molar refractivity (Wildman–Crippen MR) is 64.1 cm³/mol. The minimum atomic E-state index is -0.629. The molecule has 6 heteroatoms. The van der Waals surface area contributed by atoms with Crippen molar-refractivity contribution in [3.05, 3.63) is 12.3 Å². The average molecular weight is 254 g/mol. The van der Waals surface area contributed by atoms with Crippen molar-refractivity contribution in [2.45, 2.75) is 39.2 Å². The van der Waals surface area contributed by atoms with Gasteiger partial charge in [-0.05, 0) is 12.8 Å². The molecule has 1 saturated heterocycles. The van der Waals surface area contributed by atoms with Crippen LogP contribution in [0.1, 0.15) is 33.1 Å². The van der Waals surface area contributed by atoms with E-state index in [0.717, 1.165) is 6.42 Å². The third kappa shape index (κ3) is 3.87. The zero-order chi connectivity index (χ0) is 13.5. The highest BCUT2D eigenvalue weighted by atomic mass is 16.5. The van der Waals surface area contributed by atoms with Gasteiger partial charge in [-0.1, -0.05) is 13.0 Å². The van der Waals surface area contributed by atoms with Gasteiger partial charge in [0.15, 0.2) is 6.73 Å². The van der Waals surface area contributed by atoms with E-state index in [1.165, 1.54) is 18.1 Å². The zero-order valence-electron chi connectivity index (χ0n) is 10.6. The molecule has 0 spiro atoms. The lowest BCUT2D eigenvalue weighted by atomic mass is 10.0. The number of carbonyl (C=O) groups is 3. The summed E-state index contributed by atoms with van der Waals surface area (Å²) >= 11 is 0. The zero-order valence-corrected chi connectivity index (χ0v) is 10.6. The van der Waals surface area contributed by atoms with Gasteiger partial charge in [-0.3, -0.25) is 24.6 Å². The average Bonchev–Trinajstić information content (AvgIpc) is 2.30. The number of amides is 3. The van der Waals surface area contributed by atoms with Gasteiger partial charge in [-0.2, -0.15) is 0 Å². The van der Waals surface area contributed by atoms with E-state index < -0.39 is 11.9 Å². The number of hydrogen-bond acceptors (Lipinski definition) is 4. The van der Waals surface area contributed by atoms with Crippen LogP contribution in [0.2, 0.25) is 0 Å². The fourth-order valence-electron chi connectivity index (χ4n) is 1.67. The number of ether oxygens (including phenoxy) is 1. The first-order valence-electron chi connectivity index (χ1n) is 5.93. The molecule has 0 radical (unpaired) electrons. The van der Waals surface area contributed by atoms with Crippen molar-refractivity contribution in [2.24, 2.45) is 0 Å². The summed E-state index contributed by atoms with van der Waals surface area (Å²) in [4.78, 5) is 35.5. The maximum absolute atomic E-state index is 11.6. The Labute approximate surface area is 106 Å². The number of allylic oxidation sites excluding steroid dienone is 1. The summed E-state index contributed by atoms with van der Waals surface area (Å²) in [5, 5.41) is 2.22. The van der Waals surface area contributed by atoms with Gasteiger partial charge in [-0.25, -0.2) is 0 Å². The molecule has 0 aromatic carbocycles. The molecule has 1 unspecified atom stereocenters. The third-order valence-electron chi connectivity index (χ3n) is 2.63. The second kappa shape index (κ2) is 6.78. The number of hydrogen-bond donors (Lipinski definition) is 1. The van der Waals surface area contributed by atoms with Gasteiger partial charge in [0.2, 0.25) is 17.7 Å². The Morgan fingerprint density at radius 1 is 1.56 bits per heavy atom. The Morgan fingerprint density at radius 2 is 2.28 bits per heavy atom. The molecule has 1 atom stereocenters. The Bertz CT molecular complexity index is 365. The lowest BCUT2D eigenvalue weighted by Gasteiger charge is -2.31. The lowest BCUT2D eigenvalue weighted by Crippen LogP contribution is -2.54. The van der Waals surface area contributed by atoms with E-state index in [4.69, 9.17) is 4.74 Å². The molecule has 0 aromatic heterocycles. The Hall–Kier alpha value is -1.85. The largest absolute Gasteiger partial charge is 0.481 e. The van der Waals surface area contributed by atoms with Crippen molar-refractivity contribution in [2.75, 3.05) is 6.73 Å². The lowest BCUT2D eigenvalue weighted by molar-refractivity contribution is -0.148. The second-order valence-electron chi connectivity index (χ2n) is 4.03. The Kier molecular flexibility index (Phi) is 5.35. The van der Waals surface area contributed by atoms with Crippen LogP contribution in [0.15, 0.2) is 12.3 Å². The molecule has 0 aromatic rings. The third-order valence-corrected chi connectivity index (χ3v) is 2.63. The van der Waals surface area contributed by atoms with E-state index in [-0.39, 0.29) is 25.0 Å². The number of nitrogens with one attached hydrogen (secondary N) is 1. The topological polar surface area (TPSA) is 75.7 Å². The first-order chi connectivity index (χ1) is 8.56. The number of rotatable bonds is 5. The first-order valence-corrected chi connectivity index (χ1v) is 5.93. The molecule has 0 aliphatic carbocycles. The summed E-state index contributed by atoms with van der Waals surface area (Å²) in [6.45, 7) is 3.34. The van der Waals surface area contributed by atoms with Gasteiger partial charge in [0.1, 0.15) is 6.04 Å². The summed E-state index contributed by atoms with van der Waals surface area (Å²) in [7, 11) is 0. The van der Waals surface area contributed by atoms with Crippen LogP contribution >= 0.6 is 0 Å². The van der Waals surface area contributed by atoms with Crippen molar-refractivity contribution in [3.8, 4) is 0 Å². The highest BCUT2D eigenvalue weighted by molar-refractivity contribution is 6.01. The molecular formula is C12H18N2O4. The second-order valence-corrected chi connectivity index (χ2v) is 4.03. The van der Waals surface area contributed by atoms with E-state index in [9.17, 15) is 14.4 Å². The number of carbonyl (C=O) groups excluding carboxylic acids is 3. The van der Waals surface area contributed by atoms with Gasteiger partial charge < -0.3 is 4.74 Å². The van der Waals surface area contributed by atoms with Crippen molar-refractivity contribution in [1.29, 1.82) is 0 Å². The van der Waals surface area contributed by atoms with Gasteiger partial charge in [0.25, 0.3) is 0 Å². The molecule has 0 bridgehead atoms.